The van der Waals surface area contributed by atoms with Gasteiger partial charge in [-0.25, -0.2) is 4.68 Å². The van der Waals surface area contributed by atoms with E-state index < -0.39 is 0 Å². The number of hydrogen-bond donors (Lipinski definition) is 0. The van der Waals surface area contributed by atoms with Gasteiger partial charge in [0.1, 0.15) is 0 Å². The molecule has 0 aliphatic heterocycles. The fourth-order valence-electron chi connectivity index (χ4n) is 1.43. The number of para-hydroxylation sites is 1. The molecule has 0 radical (unpaired) electrons. The molecule has 2 rings (SSSR count). The van der Waals surface area contributed by atoms with Crippen molar-refractivity contribution in [1.29, 1.82) is 0 Å². The predicted molar refractivity (Wildman–Crippen MR) is 60.1 cm³/mol. The van der Waals surface area contributed by atoms with Crippen LogP contribution in [-0.2, 0) is 0 Å². The van der Waals surface area contributed by atoms with Crippen LogP contribution in [0.3, 0.4) is 0 Å². The van der Waals surface area contributed by atoms with Crippen molar-refractivity contribution in [2.24, 2.45) is 0 Å². The van der Waals surface area contributed by atoms with Crippen LogP contribution in [0.15, 0.2) is 41.4 Å². The molecule has 0 saturated carbocycles. The highest BCUT2D eigenvalue weighted by Gasteiger charge is 2.04. The Morgan fingerprint density at radius 2 is 2.00 bits per heavy atom. The maximum atomic E-state index is 4.30. The van der Waals surface area contributed by atoms with Gasteiger partial charge in [-0.05, 0) is 31.4 Å². The molecule has 72 valence electrons. The largest absolute Gasteiger partial charge is 0.237 e. The third kappa shape index (κ3) is 1.55. The molecule has 0 aliphatic rings. The topological polar surface area (TPSA) is 17.8 Å². The van der Waals surface area contributed by atoms with E-state index in [1.807, 2.05) is 29.1 Å². The third-order valence-corrected chi connectivity index (χ3v) is 2.93. The van der Waals surface area contributed by atoms with Gasteiger partial charge in [0, 0.05) is 16.8 Å². The van der Waals surface area contributed by atoms with E-state index in [9.17, 15) is 0 Å². The summed E-state index contributed by atoms with van der Waals surface area (Å²) in [6, 6.07) is 10.3. The van der Waals surface area contributed by atoms with Crippen molar-refractivity contribution in [1.82, 2.24) is 9.78 Å². The summed E-state index contributed by atoms with van der Waals surface area (Å²) in [7, 11) is 0. The van der Waals surface area contributed by atoms with E-state index in [4.69, 9.17) is 0 Å². The Labute approximate surface area is 87.9 Å². The van der Waals surface area contributed by atoms with E-state index in [0.29, 0.717) is 0 Å². The molecule has 2 nitrogen and oxygen atoms in total. The highest BCUT2D eigenvalue weighted by molar-refractivity contribution is 7.98. The van der Waals surface area contributed by atoms with Crippen molar-refractivity contribution in [3.05, 3.63) is 42.2 Å². The lowest BCUT2D eigenvalue weighted by Crippen LogP contribution is -1.99. The van der Waals surface area contributed by atoms with Crippen LogP contribution >= 0.6 is 11.8 Å². The van der Waals surface area contributed by atoms with Gasteiger partial charge < -0.3 is 0 Å². The molecule has 3 heteroatoms. The molecule has 0 spiro atoms. The Kier molecular flexibility index (Phi) is 2.59. The number of thioether (sulfide) groups is 1. The lowest BCUT2D eigenvalue weighted by atomic mass is 10.3. The monoisotopic (exact) mass is 204 g/mol. The zero-order valence-corrected chi connectivity index (χ0v) is 9.08. The van der Waals surface area contributed by atoms with Crippen molar-refractivity contribution in [2.75, 3.05) is 6.26 Å². The second-order valence-corrected chi connectivity index (χ2v) is 3.90. The maximum Gasteiger partial charge on any atom is 0.0784 e. The Bertz CT molecular complexity index is 434. The van der Waals surface area contributed by atoms with Crippen LogP contribution in [0.1, 0.15) is 5.69 Å². The van der Waals surface area contributed by atoms with E-state index in [-0.39, 0.29) is 0 Å². The highest BCUT2D eigenvalue weighted by Crippen LogP contribution is 2.23. The number of hydrogen-bond acceptors (Lipinski definition) is 2. The fourth-order valence-corrected chi connectivity index (χ4v) is 2.00. The molecule has 14 heavy (non-hydrogen) atoms. The van der Waals surface area contributed by atoms with Gasteiger partial charge in [-0.15, -0.1) is 11.8 Å². The van der Waals surface area contributed by atoms with E-state index in [1.54, 1.807) is 11.8 Å². The summed E-state index contributed by atoms with van der Waals surface area (Å²) < 4.78 is 1.96. The second-order valence-electron chi connectivity index (χ2n) is 3.06. The molecule has 2 aromatic rings. The highest BCUT2D eigenvalue weighted by atomic mass is 32.2. The summed E-state index contributed by atoms with van der Waals surface area (Å²) in [5.74, 6) is 0. The minimum Gasteiger partial charge on any atom is -0.237 e. The molecule has 1 aromatic heterocycles. The molecule has 0 N–H and O–H groups in total. The summed E-state index contributed by atoms with van der Waals surface area (Å²) in [6.45, 7) is 2.06. The fraction of sp³-hybridized carbons (Fsp3) is 0.182. The smallest absolute Gasteiger partial charge is 0.0784 e. The van der Waals surface area contributed by atoms with E-state index in [2.05, 4.69) is 30.4 Å². The van der Waals surface area contributed by atoms with E-state index in [0.717, 1.165) is 11.4 Å². The van der Waals surface area contributed by atoms with Crippen molar-refractivity contribution in [3.63, 3.8) is 0 Å². The van der Waals surface area contributed by atoms with Gasteiger partial charge in [-0.3, -0.25) is 0 Å². The van der Waals surface area contributed by atoms with Crippen molar-refractivity contribution >= 4 is 11.8 Å². The first kappa shape index (κ1) is 9.34. The average molecular weight is 204 g/mol. The first-order chi connectivity index (χ1) is 6.83. The Morgan fingerprint density at radius 3 is 2.64 bits per heavy atom. The molecule has 0 aliphatic carbocycles. The van der Waals surface area contributed by atoms with Crippen LogP contribution in [0, 0.1) is 6.92 Å². The maximum absolute atomic E-state index is 4.30. The summed E-state index contributed by atoms with van der Waals surface area (Å²) >= 11 is 1.74. The molecular formula is C11H12N2S. The van der Waals surface area contributed by atoms with Gasteiger partial charge >= 0.3 is 0 Å². The Balaban J connectivity index is 2.56. The van der Waals surface area contributed by atoms with Gasteiger partial charge in [0.05, 0.1) is 5.69 Å². The van der Waals surface area contributed by atoms with Gasteiger partial charge in [-0.1, -0.05) is 12.1 Å². The van der Waals surface area contributed by atoms with Crippen molar-refractivity contribution in [3.8, 4) is 5.69 Å². The normalized spacial score (nSPS) is 10.4. The summed E-state index contributed by atoms with van der Waals surface area (Å²) in [6.07, 6.45) is 3.91. The van der Waals surface area contributed by atoms with Crippen LogP contribution in [0.5, 0.6) is 0 Å². The number of aryl methyl sites for hydroxylation is 1. The number of benzene rings is 1. The minimum absolute atomic E-state index is 1.16. The number of nitrogens with zero attached hydrogens (tertiary/aromatic N) is 2. The molecule has 1 aromatic carbocycles. The molecular weight excluding hydrogens is 192 g/mol. The molecule has 0 fully saturated rings. The molecule has 0 unspecified atom stereocenters. The predicted octanol–water partition coefficient (Wildman–Crippen LogP) is 2.90. The van der Waals surface area contributed by atoms with E-state index >= 15 is 0 Å². The molecule has 0 saturated heterocycles. The van der Waals surface area contributed by atoms with Crippen LogP contribution in [0.25, 0.3) is 5.69 Å². The van der Waals surface area contributed by atoms with Crippen LogP contribution in [-0.4, -0.2) is 16.0 Å². The van der Waals surface area contributed by atoms with Crippen LogP contribution in [0.2, 0.25) is 0 Å². The van der Waals surface area contributed by atoms with Crippen LogP contribution < -0.4 is 0 Å². The zero-order valence-electron chi connectivity index (χ0n) is 8.27. The van der Waals surface area contributed by atoms with Crippen molar-refractivity contribution in [2.45, 2.75) is 11.8 Å². The van der Waals surface area contributed by atoms with Gasteiger partial charge in [-0.2, -0.15) is 5.10 Å². The zero-order chi connectivity index (χ0) is 9.97. The lowest BCUT2D eigenvalue weighted by Gasteiger charge is -2.08. The van der Waals surface area contributed by atoms with Crippen LogP contribution in [0.4, 0.5) is 0 Å². The van der Waals surface area contributed by atoms with Gasteiger partial charge in [0.2, 0.25) is 0 Å². The average Bonchev–Trinajstić information content (AvgIpc) is 2.64. The Morgan fingerprint density at radius 1 is 1.21 bits per heavy atom. The summed E-state index contributed by atoms with van der Waals surface area (Å²) in [4.78, 5) is 1.25. The van der Waals surface area contributed by atoms with Gasteiger partial charge in [0.15, 0.2) is 0 Å². The number of rotatable bonds is 2. The van der Waals surface area contributed by atoms with Gasteiger partial charge in [0.25, 0.3) is 0 Å². The Hall–Kier alpha value is -1.22. The first-order valence-electron chi connectivity index (χ1n) is 4.47. The standard InChI is InChI=1S/C11H12N2S/c1-9-7-8-12-13(9)10-5-3-4-6-11(10)14-2/h3-8H,1-2H3. The summed E-state index contributed by atoms with van der Waals surface area (Å²) in [5, 5.41) is 4.30. The molecule has 1 heterocycles. The number of aromatic nitrogens is 2. The third-order valence-electron chi connectivity index (χ3n) is 2.15. The van der Waals surface area contributed by atoms with E-state index in [1.165, 1.54) is 4.90 Å². The second kappa shape index (κ2) is 3.88. The quantitative estimate of drug-likeness (QED) is 0.700. The molecule has 0 atom stereocenters. The van der Waals surface area contributed by atoms with Crippen molar-refractivity contribution < 1.29 is 0 Å². The summed E-state index contributed by atoms with van der Waals surface area (Å²) in [5.41, 5.74) is 2.31. The molecule has 0 amide bonds. The minimum atomic E-state index is 1.16. The first-order valence-corrected chi connectivity index (χ1v) is 5.69. The molecule has 0 bridgehead atoms. The lowest BCUT2D eigenvalue weighted by molar-refractivity contribution is 0.831. The SMILES string of the molecule is CSc1ccccc1-n1nccc1C.